The molecule has 80 valence electrons. The van der Waals surface area contributed by atoms with E-state index in [-0.39, 0.29) is 11.8 Å². The van der Waals surface area contributed by atoms with Crippen LogP contribution in [0.25, 0.3) is 12.2 Å². The summed E-state index contributed by atoms with van der Waals surface area (Å²) in [6, 6.07) is 8.04. The lowest BCUT2D eigenvalue weighted by molar-refractivity contribution is 0.627. The summed E-state index contributed by atoms with van der Waals surface area (Å²) < 4.78 is 12.9. The number of hydrogen-bond donors (Lipinski definition) is 1. The predicted octanol–water partition coefficient (Wildman–Crippen LogP) is 2.37. The molecule has 0 spiro atoms. The molecule has 0 atom stereocenters. The fourth-order valence-corrected chi connectivity index (χ4v) is 1.27. The second-order valence-electron chi connectivity index (χ2n) is 3.23. The van der Waals surface area contributed by atoms with Gasteiger partial charge in [-0.2, -0.15) is 0 Å². The van der Waals surface area contributed by atoms with Crippen molar-refractivity contribution in [1.82, 2.24) is 9.97 Å². The maximum absolute atomic E-state index is 12.9. The van der Waals surface area contributed by atoms with Crippen LogP contribution in [0.15, 0.2) is 36.5 Å². The number of halogens is 1. The first-order valence-corrected chi connectivity index (χ1v) is 4.76. The predicted molar refractivity (Wildman–Crippen MR) is 61.8 cm³/mol. The van der Waals surface area contributed by atoms with Crippen molar-refractivity contribution in [2.75, 3.05) is 5.73 Å². The lowest BCUT2D eigenvalue weighted by Crippen LogP contribution is -1.94. The minimum atomic E-state index is -0.260. The van der Waals surface area contributed by atoms with Crippen molar-refractivity contribution in [3.05, 3.63) is 53.6 Å². The van der Waals surface area contributed by atoms with Crippen molar-refractivity contribution in [1.29, 1.82) is 0 Å². The summed E-state index contributed by atoms with van der Waals surface area (Å²) in [4.78, 5) is 7.78. The van der Waals surface area contributed by atoms with Crippen molar-refractivity contribution >= 4 is 18.1 Å². The van der Waals surface area contributed by atoms with E-state index in [1.165, 1.54) is 12.1 Å². The minimum absolute atomic E-state index is 0.224. The summed E-state index contributed by atoms with van der Waals surface area (Å²) in [6.07, 6.45) is 5.10. The maximum Gasteiger partial charge on any atom is 0.220 e. The van der Waals surface area contributed by atoms with E-state index in [0.717, 1.165) is 5.56 Å². The molecule has 0 fully saturated rings. The molecule has 1 aromatic carbocycles. The molecule has 1 aromatic heterocycles. The SMILES string of the molecule is Nc1nccc(/C=C/c2cccc(F)c2)n1. The van der Waals surface area contributed by atoms with Crippen LogP contribution >= 0.6 is 0 Å². The highest BCUT2D eigenvalue weighted by molar-refractivity contribution is 5.68. The number of rotatable bonds is 2. The molecule has 2 rings (SSSR count). The number of nitrogens with zero attached hydrogens (tertiary/aromatic N) is 2. The van der Waals surface area contributed by atoms with Gasteiger partial charge in [-0.05, 0) is 29.8 Å². The van der Waals surface area contributed by atoms with Crippen LogP contribution in [-0.4, -0.2) is 9.97 Å². The Kier molecular flexibility index (Phi) is 2.91. The average Bonchev–Trinajstić information content (AvgIpc) is 2.27. The van der Waals surface area contributed by atoms with Gasteiger partial charge in [-0.25, -0.2) is 14.4 Å². The van der Waals surface area contributed by atoms with Crippen LogP contribution in [0, 0.1) is 5.82 Å². The van der Waals surface area contributed by atoms with Gasteiger partial charge in [0, 0.05) is 6.20 Å². The Morgan fingerprint density at radius 2 is 2.06 bits per heavy atom. The Morgan fingerprint density at radius 1 is 1.19 bits per heavy atom. The van der Waals surface area contributed by atoms with E-state index in [4.69, 9.17) is 5.73 Å². The number of aromatic nitrogens is 2. The first kappa shape index (κ1) is 10.3. The van der Waals surface area contributed by atoms with Gasteiger partial charge >= 0.3 is 0 Å². The van der Waals surface area contributed by atoms with Gasteiger partial charge in [0.1, 0.15) is 5.82 Å². The highest BCUT2D eigenvalue weighted by Gasteiger charge is 1.92. The highest BCUT2D eigenvalue weighted by atomic mass is 19.1. The fraction of sp³-hybridized carbons (Fsp3) is 0. The van der Waals surface area contributed by atoms with E-state index in [2.05, 4.69) is 9.97 Å². The van der Waals surface area contributed by atoms with Crippen LogP contribution in [0.3, 0.4) is 0 Å². The zero-order valence-electron chi connectivity index (χ0n) is 8.47. The molecule has 0 saturated carbocycles. The average molecular weight is 215 g/mol. The summed E-state index contributed by atoms with van der Waals surface area (Å²) in [7, 11) is 0. The molecular weight excluding hydrogens is 205 g/mol. The van der Waals surface area contributed by atoms with Gasteiger partial charge in [0.2, 0.25) is 5.95 Å². The number of hydrogen-bond acceptors (Lipinski definition) is 3. The number of benzene rings is 1. The van der Waals surface area contributed by atoms with Crippen LogP contribution in [0.2, 0.25) is 0 Å². The molecule has 0 aliphatic rings. The minimum Gasteiger partial charge on any atom is -0.368 e. The summed E-state index contributed by atoms with van der Waals surface area (Å²) >= 11 is 0. The summed E-state index contributed by atoms with van der Waals surface area (Å²) in [5.41, 5.74) is 6.90. The van der Waals surface area contributed by atoms with E-state index in [0.29, 0.717) is 5.69 Å². The molecule has 0 aliphatic heterocycles. The van der Waals surface area contributed by atoms with Crippen LogP contribution in [0.1, 0.15) is 11.3 Å². The van der Waals surface area contributed by atoms with Crippen molar-refractivity contribution in [3.8, 4) is 0 Å². The van der Waals surface area contributed by atoms with E-state index in [9.17, 15) is 4.39 Å². The first-order chi connectivity index (χ1) is 7.74. The van der Waals surface area contributed by atoms with E-state index in [1.54, 1.807) is 30.5 Å². The quantitative estimate of drug-likeness (QED) is 0.836. The topological polar surface area (TPSA) is 51.8 Å². The fourth-order valence-electron chi connectivity index (χ4n) is 1.27. The molecule has 2 N–H and O–H groups in total. The van der Waals surface area contributed by atoms with Gasteiger partial charge in [0.15, 0.2) is 0 Å². The van der Waals surface area contributed by atoms with Gasteiger partial charge < -0.3 is 5.73 Å². The molecule has 0 unspecified atom stereocenters. The Morgan fingerprint density at radius 3 is 2.81 bits per heavy atom. The third kappa shape index (κ3) is 2.63. The molecule has 4 heteroatoms. The molecule has 16 heavy (non-hydrogen) atoms. The van der Waals surface area contributed by atoms with E-state index < -0.39 is 0 Å². The summed E-state index contributed by atoms with van der Waals surface area (Å²) in [5, 5.41) is 0. The Bertz CT molecular complexity index is 476. The Balaban J connectivity index is 2.21. The Labute approximate surface area is 92.5 Å². The van der Waals surface area contributed by atoms with Crippen molar-refractivity contribution in [2.45, 2.75) is 0 Å². The molecule has 0 amide bonds. The lowest BCUT2D eigenvalue weighted by Gasteiger charge is -1.95. The second-order valence-corrected chi connectivity index (χ2v) is 3.23. The van der Waals surface area contributed by atoms with E-state index >= 15 is 0 Å². The van der Waals surface area contributed by atoms with Crippen molar-refractivity contribution in [2.24, 2.45) is 0 Å². The Hall–Kier alpha value is -2.23. The molecular formula is C12H10FN3. The normalized spacial score (nSPS) is 10.8. The molecule has 1 heterocycles. The van der Waals surface area contributed by atoms with Crippen LogP contribution in [0.4, 0.5) is 10.3 Å². The monoisotopic (exact) mass is 215 g/mol. The molecule has 0 aliphatic carbocycles. The van der Waals surface area contributed by atoms with Gasteiger partial charge in [0.25, 0.3) is 0 Å². The molecule has 0 radical (unpaired) electrons. The zero-order chi connectivity index (χ0) is 11.4. The van der Waals surface area contributed by atoms with E-state index in [1.807, 2.05) is 6.07 Å². The summed E-state index contributed by atoms with van der Waals surface area (Å²) in [5.74, 6) is -0.0363. The second kappa shape index (κ2) is 4.53. The third-order valence-corrected chi connectivity index (χ3v) is 1.99. The van der Waals surface area contributed by atoms with Crippen LogP contribution < -0.4 is 5.73 Å². The lowest BCUT2D eigenvalue weighted by atomic mass is 10.2. The van der Waals surface area contributed by atoms with Crippen LogP contribution in [0.5, 0.6) is 0 Å². The maximum atomic E-state index is 12.9. The first-order valence-electron chi connectivity index (χ1n) is 4.76. The number of nitrogens with two attached hydrogens (primary N) is 1. The van der Waals surface area contributed by atoms with Gasteiger partial charge in [-0.15, -0.1) is 0 Å². The number of anilines is 1. The molecule has 3 nitrogen and oxygen atoms in total. The zero-order valence-corrected chi connectivity index (χ0v) is 8.47. The van der Waals surface area contributed by atoms with Gasteiger partial charge in [-0.1, -0.05) is 18.2 Å². The van der Waals surface area contributed by atoms with Gasteiger partial charge in [-0.3, -0.25) is 0 Å². The largest absolute Gasteiger partial charge is 0.368 e. The molecule has 0 saturated heterocycles. The summed E-state index contributed by atoms with van der Waals surface area (Å²) in [6.45, 7) is 0. The van der Waals surface area contributed by atoms with Crippen molar-refractivity contribution in [3.63, 3.8) is 0 Å². The number of nitrogen functional groups attached to an aromatic ring is 1. The third-order valence-electron chi connectivity index (χ3n) is 1.99. The van der Waals surface area contributed by atoms with Crippen molar-refractivity contribution < 1.29 is 4.39 Å². The highest BCUT2D eigenvalue weighted by Crippen LogP contribution is 2.08. The standard InChI is InChI=1S/C12H10FN3/c13-10-3-1-2-9(8-10)4-5-11-6-7-15-12(14)16-11/h1-8H,(H2,14,15,16)/b5-4+. The molecule has 0 bridgehead atoms. The van der Waals surface area contributed by atoms with Crippen LogP contribution in [-0.2, 0) is 0 Å². The van der Waals surface area contributed by atoms with Gasteiger partial charge in [0.05, 0.1) is 5.69 Å². The molecule has 2 aromatic rings. The smallest absolute Gasteiger partial charge is 0.220 e.